The van der Waals surface area contributed by atoms with Crippen LogP contribution in [0.1, 0.15) is 12.8 Å². The lowest BCUT2D eigenvalue weighted by Crippen LogP contribution is -2.15. The molecule has 2 unspecified atom stereocenters. The third kappa shape index (κ3) is 4.11. The third-order valence-corrected chi connectivity index (χ3v) is 7.69. The van der Waals surface area contributed by atoms with Crippen molar-refractivity contribution in [3.05, 3.63) is 45.9 Å². The van der Waals surface area contributed by atoms with E-state index < -0.39 is 5.82 Å². The van der Waals surface area contributed by atoms with Crippen molar-refractivity contribution < 1.29 is 13.9 Å². The first kappa shape index (κ1) is 21.7. The van der Waals surface area contributed by atoms with E-state index >= 15 is 0 Å². The summed E-state index contributed by atoms with van der Waals surface area (Å²) in [7, 11) is 1.60. The van der Waals surface area contributed by atoms with Crippen LogP contribution in [0.4, 0.5) is 15.9 Å². The van der Waals surface area contributed by atoms with Crippen LogP contribution in [0.3, 0.4) is 0 Å². The van der Waals surface area contributed by atoms with Gasteiger partial charge >= 0.3 is 0 Å². The SMILES string of the molecule is COc1cc2c(Nc3ccc(Br)c(Cl)c3F)ncnc2cc1OCC1CC2CNC[C@@H]2C1. The number of anilines is 2. The fraction of sp³-hybridized carbons (Fsp3) is 0.391. The van der Waals surface area contributed by atoms with Crippen molar-refractivity contribution in [2.45, 2.75) is 12.8 Å². The first-order valence-corrected chi connectivity index (χ1v) is 11.8. The molecule has 1 saturated heterocycles. The highest BCUT2D eigenvalue weighted by atomic mass is 79.9. The van der Waals surface area contributed by atoms with Crippen LogP contribution < -0.4 is 20.1 Å². The molecule has 32 heavy (non-hydrogen) atoms. The summed E-state index contributed by atoms with van der Waals surface area (Å²) in [6.45, 7) is 2.91. The van der Waals surface area contributed by atoms with Crippen molar-refractivity contribution in [1.29, 1.82) is 0 Å². The van der Waals surface area contributed by atoms with Crippen molar-refractivity contribution in [1.82, 2.24) is 15.3 Å². The zero-order chi connectivity index (χ0) is 22.2. The second kappa shape index (κ2) is 9.00. The molecule has 0 bridgehead atoms. The molecule has 2 aliphatic rings. The zero-order valence-corrected chi connectivity index (χ0v) is 19.8. The average molecular weight is 522 g/mol. The highest BCUT2D eigenvalue weighted by molar-refractivity contribution is 9.10. The van der Waals surface area contributed by atoms with E-state index in [9.17, 15) is 4.39 Å². The van der Waals surface area contributed by atoms with E-state index in [1.165, 1.54) is 19.2 Å². The molecule has 2 fully saturated rings. The molecule has 3 aromatic rings. The number of ether oxygens (including phenoxy) is 2. The van der Waals surface area contributed by atoms with Gasteiger partial charge in [0, 0.05) is 15.9 Å². The summed E-state index contributed by atoms with van der Waals surface area (Å²) >= 11 is 9.25. The summed E-state index contributed by atoms with van der Waals surface area (Å²) in [5.41, 5.74) is 0.896. The lowest BCUT2D eigenvalue weighted by Gasteiger charge is -2.17. The molecule has 168 valence electrons. The van der Waals surface area contributed by atoms with E-state index in [2.05, 4.69) is 36.5 Å². The van der Waals surface area contributed by atoms with Gasteiger partial charge in [0.2, 0.25) is 0 Å². The Balaban J connectivity index is 1.39. The Bertz CT molecular complexity index is 1150. The number of fused-ring (bicyclic) bond motifs is 2. The predicted octanol–water partition coefficient (Wildman–Crippen LogP) is 5.56. The fourth-order valence-corrected chi connectivity index (χ4v) is 5.29. The highest BCUT2D eigenvalue weighted by Gasteiger charge is 2.37. The highest BCUT2D eigenvalue weighted by Crippen LogP contribution is 2.40. The summed E-state index contributed by atoms with van der Waals surface area (Å²) in [6.07, 6.45) is 3.83. The normalized spacial score (nSPS) is 22.2. The first-order valence-electron chi connectivity index (χ1n) is 10.6. The number of halogens is 3. The van der Waals surface area contributed by atoms with Crippen molar-refractivity contribution in [3.8, 4) is 11.5 Å². The second-order valence-electron chi connectivity index (χ2n) is 8.42. The van der Waals surface area contributed by atoms with Crippen LogP contribution in [0.2, 0.25) is 5.02 Å². The van der Waals surface area contributed by atoms with E-state index in [1.54, 1.807) is 19.2 Å². The van der Waals surface area contributed by atoms with Crippen LogP contribution in [0.25, 0.3) is 10.9 Å². The molecule has 2 heterocycles. The molecule has 1 aliphatic carbocycles. The van der Waals surface area contributed by atoms with Gasteiger partial charge in [0.25, 0.3) is 0 Å². The van der Waals surface area contributed by atoms with Gasteiger partial charge in [-0.1, -0.05) is 11.6 Å². The van der Waals surface area contributed by atoms with Gasteiger partial charge in [0.15, 0.2) is 17.3 Å². The molecule has 5 rings (SSSR count). The van der Waals surface area contributed by atoms with Crippen molar-refractivity contribution in [2.24, 2.45) is 17.8 Å². The van der Waals surface area contributed by atoms with Crippen molar-refractivity contribution >= 4 is 49.9 Å². The molecule has 2 aromatic carbocycles. The van der Waals surface area contributed by atoms with Crippen molar-refractivity contribution in [2.75, 3.05) is 32.1 Å². The Morgan fingerprint density at radius 1 is 1.19 bits per heavy atom. The molecule has 6 nitrogen and oxygen atoms in total. The number of hydrogen-bond donors (Lipinski definition) is 2. The maximum Gasteiger partial charge on any atom is 0.166 e. The van der Waals surface area contributed by atoms with Gasteiger partial charge < -0.3 is 20.1 Å². The van der Waals surface area contributed by atoms with E-state index in [-0.39, 0.29) is 10.7 Å². The van der Waals surface area contributed by atoms with E-state index in [0.29, 0.717) is 45.2 Å². The summed E-state index contributed by atoms with van der Waals surface area (Å²) in [5, 5.41) is 7.19. The molecule has 0 radical (unpaired) electrons. The number of benzene rings is 2. The predicted molar refractivity (Wildman–Crippen MR) is 127 cm³/mol. The summed E-state index contributed by atoms with van der Waals surface area (Å²) in [5.74, 6) is 3.24. The monoisotopic (exact) mass is 520 g/mol. The molecule has 1 saturated carbocycles. The lowest BCUT2D eigenvalue weighted by atomic mass is 10.0. The molecule has 2 N–H and O–H groups in total. The van der Waals surface area contributed by atoms with Gasteiger partial charge in [-0.3, -0.25) is 0 Å². The van der Waals surface area contributed by atoms with Gasteiger partial charge in [-0.2, -0.15) is 0 Å². The molecular weight excluding hydrogens is 499 g/mol. The first-order chi connectivity index (χ1) is 15.5. The van der Waals surface area contributed by atoms with E-state index in [4.69, 9.17) is 21.1 Å². The molecule has 0 amide bonds. The number of methoxy groups -OCH3 is 1. The number of hydrogen-bond acceptors (Lipinski definition) is 6. The summed E-state index contributed by atoms with van der Waals surface area (Å²) in [6, 6.07) is 6.94. The van der Waals surface area contributed by atoms with Crippen LogP contribution in [0.15, 0.2) is 35.1 Å². The lowest BCUT2D eigenvalue weighted by molar-refractivity contribution is 0.234. The molecule has 1 aliphatic heterocycles. The topological polar surface area (TPSA) is 68.3 Å². The Morgan fingerprint density at radius 2 is 1.97 bits per heavy atom. The quantitative estimate of drug-likeness (QED) is 0.414. The molecule has 0 spiro atoms. The molecular formula is C23H23BrClFN4O2. The minimum atomic E-state index is -0.559. The zero-order valence-electron chi connectivity index (χ0n) is 17.5. The minimum Gasteiger partial charge on any atom is -0.493 e. The Labute approximate surface area is 199 Å². The van der Waals surface area contributed by atoms with Crippen LogP contribution in [0, 0.1) is 23.6 Å². The Hall–Kier alpha value is -2.16. The average Bonchev–Trinajstić information content (AvgIpc) is 3.39. The Kier molecular flexibility index (Phi) is 6.09. The largest absolute Gasteiger partial charge is 0.493 e. The fourth-order valence-electron chi connectivity index (χ4n) is 4.82. The number of rotatable bonds is 6. The van der Waals surface area contributed by atoms with E-state index in [0.717, 1.165) is 24.9 Å². The maximum atomic E-state index is 14.6. The number of aromatic nitrogens is 2. The van der Waals surface area contributed by atoms with Crippen LogP contribution in [-0.4, -0.2) is 36.8 Å². The summed E-state index contributed by atoms with van der Waals surface area (Å²) in [4.78, 5) is 8.67. The molecule has 1 aromatic heterocycles. The van der Waals surface area contributed by atoms with Gasteiger partial charge in [-0.25, -0.2) is 14.4 Å². The minimum absolute atomic E-state index is 0.00784. The van der Waals surface area contributed by atoms with Crippen LogP contribution >= 0.6 is 27.5 Å². The van der Waals surface area contributed by atoms with Gasteiger partial charge in [-0.15, -0.1) is 0 Å². The van der Waals surface area contributed by atoms with Gasteiger partial charge in [-0.05, 0) is 77.8 Å². The van der Waals surface area contributed by atoms with Crippen LogP contribution in [0.5, 0.6) is 11.5 Å². The summed E-state index contributed by atoms with van der Waals surface area (Å²) < 4.78 is 26.8. The van der Waals surface area contributed by atoms with Crippen molar-refractivity contribution in [3.63, 3.8) is 0 Å². The maximum absolute atomic E-state index is 14.6. The molecule has 3 atom stereocenters. The van der Waals surface area contributed by atoms with E-state index in [1.807, 2.05) is 12.1 Å². The second-order valence-corrected chi connectivity index (χ2v) is 9.65. The standard InChI is InChI=1S/C23H23BrClFN4O2/c1-31-19-6-15-18(7-20(19)32-10-12-4-13-8-27-9-14(13)5-12)28-11-29-23(15)30-17-3-2-16(24)21(25)22(17)26/h2-3,6-7,11-14,27H,4-5,8-10H2,1H3,(H,28,29,30)/t12?,13-,14?/m0/s1. The third-order valence-electron chi connectivity index (χ3n) is 6.44. The Morgan fingerprint density at radius 3 is 2.72 bits per heavy atom. The number of nitrogens with zero attached hydrogens (tertiary/aromatic N) is 2. The van der Waals surface area contributed by atoms with Crippen LogP contribution in [-0.2, 0) is 0 Å². The molecule has 9 heteroatoms. The smallest absolute Gasteiger partial charge is 0.166 e. The number of nitrogens with one attached hydrogen (secondary N) is 2. The van der Waals surface area contributed by atoms with Gasteiger partial charge in [0.1, 0.15) is 12.1 Å². The van der Waals surface area contributed by atoms with Gasteiger partial charge in [0.05, 0.1) is 29.9 Å².